The minimum Gasteiger partial charge on any atom is -0.434 e. The van der Waals surface area contributed by atoms with Gasteiger partial charge < -0.3 is 19.6 Å². The summed E-state index contributed by atoms with van der Waals surface area (Å²) in [7, 11) is -3.06. The fourth-order valence-corrected chi connectivity index (χ4v) is 5.37. The summed E-state index contributed by atoms with van der Waals surface area (Å²) in [6.07, 6.45) is 2.22. The fourth-order valence-electron chi connectivity index (χ4n) is 3.45. The number of sulfonamides is 1. The normalized spacial score (nSPS) is 11.7. The Hall–Kier alpha value is -3.62. The third kappa shape index (κ3) is 4.42. The summed E-state index contributed by atoms with van der Waals surface area (Å²) in [4.78, 5) is 31.6. The topological polar surface area (TPSA) is 149 Å². The van der Waals surface area contributed by atoms with Crippen LogP contribution in [0.2, 0.25) is 0 Å². The smallest absolute Gasteiger partial charge is 0.274 e. The van der Waals surface area contributed by atoms with E-state index in [4.69, 9.17) is 9.88 Å². The molecule has 4 heterocycles. The van der Waals surface area contributed by atoms with Crippen molar-refractivity contribution in [2.75, 3.05) is 6.54 Å². The lowest BCUT2D eigenvalue weighted by Gasteiger charge is -2.10. The zero-order valence-corrected chi connectivity index (χ0v) is 20.2. The number of hydrogen-bond acceptors (Lipinski definition) is 7. The Labute approximate surface area is 201 Å². The minimum atomic E-state index is -4.50. The van der Waals surface area contributed by atoms with Crippen molar-refractivity contribution in [3.8, 4) is 22.1 Å². The van der Waals surface area contributed by atoms with E-state index in [0.29, 0.717) is 17.9 Å². The molecule has 4 aromatic heterocycles. The number of primary sulfonamides is 1. The second-order valence-electron chi connectivity index (χ2n) is 7.57. The van der Waals surface area contributed by atoms with Crippen LogP contribution >= 0.6 is 11.3 Å². The summed E-state index contributed by atoms with van der Waals surface area (Å²) in [5.74, 6) is -3.07. The fraction of sp³-hybridized carbons (Fsp3) is 0.190. The van der Waals surface area contributed by atoms with E-state index < -0.39 is 43.1 Å². The van der Waals surface area contributed by atoms with Gasteiger partial charge in [0.15, 0.2) is 15.8 Å². The first-order chi connectivity index (χ1) is 16.4. The number of H-pyrrole nitrogens is 1. The Morgan fingerprint density at radius 2 is 2.06 bits per heavy atom. The molecule has 0 bridgehead atoms. The molecule has 0 saturated heterocycles. The maximum atomic E-state index is 15.4. The van der Waals surface area contributed by atoms with Gasteiger partial charge in [0, 0.05) is 36.3 Å². The molecule has 0 radical (unpaired) electrons. The Balaban J connectivity index is 2.02. The van der Waals surface area contributed by atoms with Crippen molar-refractivity contribution in [3.05, 3.63) is 57.8 Å². The van der Waals surface area contributed by atoms with Crippen LogP contribution in [0.1, 0.15) is 23.0 Å². The molecule has 0 unspecified atom stereocenters. The van der Waals surface area contributed by atoms with Gasteiger partial charge in [-0.15, -0.1) is 11.3 Å². The Morgan fingerprint density at radius 1 is 1.34 bits per heavy atom. The number of ether oxygens (including phenoxy) is 1. The minimum absolute atomic E-state index is 0.0286. The van der Waals surface area contributed by atoms with E-state index in [0.717, 1.165) is 12.3 Å². The number of hydrogen-bond donors (Lipinski definition) is 3. The van der Waals surface area contributed by atoms with Crippen molar-refractivity contribution in [1.29, 1.82) is 0 Å². The van der Waals surface area contributed by atoms with E-state index in [9.17, 15) is 22.4 Å². The van der Waals surface area contributed by atoms with E-state index in [1.807, 2.05) is 0 Å². The molecule has 0 fully saturated rings. The van der Waals surface area contributed by atoms with Crippen LogP contribution in [0.3, 0.4) is 0 Å². The van der Waals surface area contributed by atoms with Gasteiger partial charge in [-0.3, -0.25) is 9.59 Å². The van der Waals surface area contributed by atoms with E-state index >= 15 is 4.39 Å². The second-order valence-corrected chi connectivity index (χ2v) is 10.4. The van der Waals surface area contributed by atoms with Crippen LogP contribution in [0, 0.1) is 18.6 Å². The van der Waals surface area contributed by atoms with Crippen molar-refractivity contribution in [2.24, 2.45) is 12.2 Å². The molecule has 0 spiro atoms. The van der Waals surface area contributed by atoms with Gasteiger partial charge in [-0.1, -0.05) is 0 Å². The van der Waals surface area contributed by atoms with Crippen molar-refractivity contribution < 1.29 is 26.7 Å². The summed E-state index contributed by atoms with van der Waals surface area (Å²) in [6.45, 7) is 3.55. The molecular formula is C21H19F2N5O5S2. The Morgan fingerprint density at radius 3 is 2.69 bits per heavy atom. The predicted molar refractivity (Wildman–Crippen MR) is 125 cm³/mol. The number of aromatic amines is 1. The van der Waals surface area contributed by atoms with E-state index in [1.54, 1.807) is 6.92 Å². The number of halogens is 2. The number of thiophene rings is 1. The first-order valence-corrected chi connectivity index (χ1v) is 12.4. The molecular weight excluding hydrogens is 504 g/mol. The summed E-state index contributed by atoms with van der Waals surface area (Å²) >= 11 is 0.487. The number of pyridine rings is 2. The largest absolute Gasteiger partial charge is 0.434 e. The van der Waals surface area contributed by atoms with Crippen LogP contribution in [0.15, 0.2) is 33.5 Å². The predicted octanol–water partition coefficient (Wildman–Crippen LogP) is 2.77. The second kappa shape index (κ2) is 8.87. The molecule has 4 aromatic rings. The van der Waals surface area contributed by atoms with E-state index in [1.165, 1.54) is 30.8 Å². The lowest BCUT2D eigenvalue weighted by atomic mass is 10.1. The quantitative estimate of drug-likeness (QED) is 0.354. The molecule has 184 valence electrons. The lowest BCUT2D eigenvalue weighted by molar-refractivity contribution is 0.0951. The van der Waals surface area contributed by atoms with Gasteiger partial charge in [-0.2, -0.15) is 0 Å². The molecule has 0 aliphatic rings. The standard InChI is InChI=1S/C21H19F2N5O5S2/c1-4-25-18(29)13-6-11-12(8-28(3)20(30)15(11)27-13)17-16(14(23)21(34-17)35(24,31)32)33-19-9(2)5-10(22)7-26-19/h5-8,27H,4H2,1-3H3,(H,25,29)(H2,24,31,32). The molecule has 0 aliphatic heterocycles. The molecule has 4 N–H and O–H groups in total. The van der Waals surface area contributed by atoms with Gasteiger partial charge in [0.2, 0.25) is 5.88 Å². The van der Waals surface area contributed by atoms with Gasteiger partial charge in [-0.25, -0.2) is 27.3 Å². The van der Waals surface area contributed by atoms with Gasteiger partial charge in [0.05, 0.1) is 11.1 Å². The lowest BCUT2D eigenvalue weighted by Crippen LogP contribution is -2.23. The molecule has 14 heteroatoms. The maximum absolute atomic E-state index is 15.4. The SMILES string of the molecule is CCNC(=O)c1cc2c(-c3sc(S(N)(=O)=O)c(F)c3Oc3ncc(F)cc3C)cn(C)c(=O)c2[nH]1. The monoisotopic (exact) mass is 523 g/mol. The van der Waals surface area contributed by atoms with Crippen molar-refractivity contribution >= 4 is 38.2 Å². The number of aryl methyl sites for hydroxylation is 2. The number of carbonyl (C=O) groups is 1. The van der Waals surface area contributed by atoms with Gasteiger partial charge in [0.1, 0.15) is 17.0 Å². The molecule has 35 heavy (non-hydrogen) atoms. The third-order valence-corrected chi connectivity index (χ3v) is 7.64. The molecule has 1 amide bonds. The summed E-state index contributed by atoms with van der Waals surface area (Å²) in [5, 5.41) is 8.05. The van der Waals surface area contributed by atoms with Gasteiger partial charge in [0.25, 0.3) is 21.5 Å². The maximum Gasteiger partial charge on any atom is 0.274 e. The molecule has 0 atom stereocenters. The molecule has 10 nitrogen and oxygen atoms in total. The van der Waals surface area contributed by atoms with Crippen LogP contribution in [-0.2, 0) is 17.1 Å². The number of nitrogens with one attached hydrogen (secondary N) is 2. The average molecular weight is 524 g/mol. The molecule has 0 aliphatic carbocycles. The first kappa shape index (κ1) is 24.5. The highest BCUT2D eigenvalue weighted by molar-refractivity contribution is 7.91. The van der Waals surface area contributed by atoms with Crippen LogP contribution in [0.25, 0.3) is 21.3 Å². The third-order valence-electron chi connectivity index (χ3n) is 5.02. The van der Waals surface area contributed by atoms with Crippen LogP contribution in [0.4, 0.5) is 8.78 Å². The van der Waals surface area contributed by atoms with Crippen LogP contribution in [0.5, 0.6) is 11.6 Å². The van der Waals surface area contributed by atoms with E-state index in [-0.39, 0.29) is 38.5 Å². The number of nitrogens with two attached hydrogens (primary N) is 1. The number of aromatic nitrogens is 3. The zero-order chi connectivity index (χ0) is 25.7. The van der Waals surface area contributed by atoms with Gasteiger partial charge in [-0.05, 0) is 26.0 Å². The number of rotatable bonds is 6. The van der Waals surface area contributed by atoms with E-state index in [2.05, 4.69) is 15.3 Å². The van der Waals surface area contributed by atoms with Crippen LogP contribution in [-0.4, -0.2) is 35.4 Å². The molecule has 0 aromatic carbocycles. The molecule has 4 rings (SSSR count). The number of carbonyl (C=O) groups excluding carboxylic acids is 1. The zero-order valence-electron chi connectivity index (χ0n) is 18.6. The van der Waals surface area contributed by atoms with Crippen molar-refractivity contribution in [1.82, 2.24) is 19.9 Å². The highest BCUT2D eigenvalue weighted by atomic mass is 32.2. The number of fused-ring (bicyclic) bond motifs is 1. The summed E-state index contributed by atoms with van der Waals surface area (Å²) in [5.41, 5.74) is 0.0707. The average Bonchev–Trinajstić information content (AvgIpc) is 3.35. The van der Waals surface area contributed by atoms with Gasteiger partial charge >= 0.3 is 0 Å². The Bertz CT molecular complexity index is 1660. The summed E-state index contributed by atoms with van der Waals surface area (Å²) in [6, 6.07) is 2.51. The summed E-state index contributed by atoms with van der Waals surface area (Å²) < 4.78 is 59.0. The number of amides is 1. The first-order valence-electron chi connectivity index (χ1n) is 10.1. The Kier molecular flexibility index (Phi) is 6.21. The number of nitrogens with zero attached hydrogens (tertiary/aromatic N) is 2. The van der Waals surface area contributed by atoms with Crippen molar-refractivity contribution in [2.45, 2.75) is 18.1 Å². The van der Waals surface area contributed by atoms with Crippen molar-refractivity contribution in [3.63, 3.8) is 0 Å². The highest BCUT2D eigenvalue weighted by Gasteiger charge is 2.30. The van der Waals surface area contributed by atoms with Crippen LogP contribution < -0.4 is 20.8 Å². The molecule has 0 saturated carbocycles. The highest BCUT2D eigenvalue weighted by Crippen LogP contribution is 2.46.